The molecule has 0 spiro atoms. The van der Waals surface area contributed by atoms with Crippen molar-refractivity contribution in [2.24, 2.45) is 0 Å². The first-order valence-electron chi connectivity index (χ1n) is 5.85. The molecule has 0 amide bonds. The predicted octanol–water partition coefficient (Wildman–Crippen LogP) is 3.29. The third-order valence-electron chi connectivity index (χ3n) is 2.54. The first-order valence-corrected chi connectivity index (χ1v) is 5.85. The lowest BCUT2D eigenvalue weighted by Gasteiger charge is -2.17. The van der Waals surface area contributed by atoms with E-state index in [9.17, 15) is 4.39 Å². The van der Waals surface area contributed by atoms with Crippen LogP contribution in [0.25, 0.3) is 11.3 Å². The molecule has 0 aliphatic heterocycles. The molecule has 0 aliphatic rings. The molecule has 94 valence electrons. The Morgan fingerprint density at radius 3 is 2.61 bits per heavy atom. The highest BCUT2D eigenvalue weighted by Gasteiger charge is 2.15. The van der Waals surface area contributed by atoms with Gasteiger partial charge < -0.3 is 11.1 Å². The molecule has 1 aromatic carbocycles. The van der Waals surface area contributed by atoms with Crippen LogP contribution in [0.3, 0.4) is 0 Å². The van der Waals surface area contributed by atoms with Crippen molar-refractivity contribution in [2.75, 3.05) is 11.1 Å². The topological polar surface area (TPSA) is 50.9 Å². The summed E-state index contributed by atoms with van der Waals surface area (Å²) in [6.07, 6.45) is 1.64. The first kappa shape index (κ1) is 12.4. The van der Waals surface area contributed by atoms with Gasteiger partial charge in [0.1, 0.15) is 5.82 Å². The molecule has 4 heteroatoms. The van der Waals surface area contributed by atoms with Gasteiger partial charge in [-0.2, -0.15) is 0 Å². The van der Waals surface area contributed by atoms with Crippen LogP contribution in [0.1, 0.15) is 13.8 Å². The summed E-state index contributed by atoms with van der Waals surface area (Å²) in [5.74, 6) is -0.328. The van der Waals surface area contributed by atoms with Gasteiger partial charge in [0.05, 0.1) is 22.6 Å². The number of nitrogens with two attached hydrogens (primary N) is 1. The van der Waals surface area contributed by atoms with Gasteiger partial charge in [-0.3, -0.25) is 4.98 Å². The van der Waals surface area contributed by atoms with Gasteiger partial charge in [-0.15, -0.1) is 0 Å². The van der Waals surface area contributed by atoms with Crippen molar-refractivity contribution in [1.29, 1.82) is 0 Å². The maximum Gasteiger partial charge on any atom is 0.134 e. The molecule has 0 radical (unpaired) electrons. The second-order valence-electron chi connectivity index (χ2n) is 4.40. The van der Waals surface area contributed by atoms with Crippen LogP contribution >= 0.6 is 0 Å². The summed E-state index contributed by atoms with van der Waals surface area (Å²) in [7, 11) is 0. The maximum absolute atomic E-state index is 14.0. The lowest BCUT2D eigenvalue weighted by Crippen LogP contribution is -2.13. The summed E-state index contributed by atoms with van der Waals surface area (Å²) in [6.45, 7) is 3.96. The summed E-state index contributed by atoms with van der Waals surface area (Å²) < 4.78 is 14.0. The fraction of sp³-hybridized carbons (Fsp3) is 0.214. The fourth-order valence-electron chi connectivity index (χ4n) is 1.80. The number of benzene rings is 1. The number of pyridine rings is 1. The molecule has 1 heterocycles. The van der Waals surface area contributed by atoms with Crippen molar-refractivity contribution in [1.82, 2.24) is 4.98 Å². The molecule has 2 rings (SSSR count). The molecular weight excluding hydrogens is 229 g/mol. The van der Waals surface area contributed by atoms with Crippen molar-refractivity contribution >= 4 is 11.4 Å². The highest BCUT2D eigenvalue weighted by Crippen LogP contribution is 2.34. The molecule has 0 bridgehead atoms. The van der Waals surface area contributed by atoms with Crippen LogP contribution in [0.2, 0.25) is 0 Å². The summed E-state index contributed by atoms with van der Waals surface area (Å²) in [5, 5.41) is 3.18. The van der Waals surface area contributed by atoms with Crippen LogP contribution in [0, 0.1) is 5.82 Å². The normalized spacial score (nSPS) is 10.7. The van der Waals surface area contributed by atoms with E-state index in [0.29, 0.717) is 22.6 Å². The van der Waals surface area contributed by atoms with E-state index in [1.807, 2.05) is 19.9 Å². The number of aromatic nitrogens is 1. The minimum atomic E-state index is -0.328. The van der Waals surface area contributed by atoms with E-state index in [-0.39, 0.29) is 11.9 Å². The van der Waals surface area contributed by atoms with Gasteiger partial charge in [-0.05, 0) is 38.1 Å². The van der Waals surface area contributed by atoms with Crippen LogP contribution < -0.4 is 11.1 Å². The SMILES string of the molecule is CC(C)Nc1c(N)ccc(F)c1-c1ccccn1. The lowest BCUT2D eigenvalue weighted by atomic mass is 10.1. The smallest absolute Gasteiger partial charge is 0.134 e. The number of hydrogen-bond acceptors (Lipinski definition) is 3. The van der Waals surface area contributed by atoms with Gasteiger partial charge >= 0.3 is 0 Å². The quantitative estimate of drug-likeness (QED) is 0.816. The van der Waals surface area contributed by atoms with Gasteiger partial charge in [0, 0.05) is 12.2 Å². The molecule has 0 fully saturated rings. The Morgan fingerprint density at radius 1 is 1.22 bits per heavy atom. The van der Waals surface area contributed by atoms with E-state index in [0.717, 1.165) is 0 Å². The first-order chi connectivity index (χ1) is 8.59. The average Bonchev–Trinajstić information content (AvgIpc) is 2.35. The van der Waals surface area contributed by atoms with Crippen molar-refractivity contribution in [3.05, 3.63) is 42.3 Å². The van der Waals surface area contributed by atoms with Crippen molar-refractivity contribution in [3.8, 4) is 11.3 Å². The van der Waals surface area contributed by atoms with Gasteiger partial charge in [0.25, 0.3) is 0 Å². The van der Waals surface area contributed by atoms with E-state index < -0.39 is 0 Å². The van der Waals surface area contributed by atoms with Gasteiger partial charge in [-0.1, -0.05) is 6.07 Å². The molecule has 0 saturated heterocycles. The summed E-state index contributed by atoms with van der Waals surface area (Å²) in [5.41, 5.74) is 8.03. The molecule has 0 aliphatic carbocycles. The van der Waals surface area contributed by atoms with E-state index in [1.165, 1.54) is 6.07 Å². The van der Waals surface area contributed by atoms with Gasteiger partial charge in [0.2, 0.25) is 0 Å². The van der Waals surface area contributed by atoms with Crippen molar-refractivity contribution in [2.45, 2.75) is 19.9 Å². The Kier molecular flexibility index (Phi) is 3.46. The molecule has 1 aromatic heterocycles. The lowest BCUT2D eigenvalue weighted by molar-refractivity contribution is 0.631. The second kappa shape index (κ2) is 5.04. The van der Waals surface area contributed by atoms with Crippen LogP contribution in [0.4, 0.5) is 15.8 Å². The highest BCUT2D eigenvalue weighted by molar-refractivity contribution is 5.85. The van der Waals surface area contributed by atoms with Crippen LogP contribution in [0.5, 0.6) is 0 Å². The van der Waals surface area contributed by atoms with E-state index in [1.54, 1.807) is 24.4 Å². The Bertz CT molecular complexity index is 538. The molecular formula is C14H16FN3. The molecule has 2 aromatic rings. The average molecular weight is 245 g/mol. The number of hydrogen-bond donors (Lipinski definition) is 2. The minimum absolute atomic E-state index is 0.163. The number of anilines is 2. The van der Waals surface area contributed by atoms with Gasteiger partial charge in [0.15, 0.2) is 0 Å². The highest BCUT2D eigenvalue weighted by atomic mass is 19.1. The van der Waals surface area contributed by atoms with Crippen molar-refractivity contribution < 1.29 is 4.39 Å². The molecule has 0 saturated carbocycles. The molecule has 3 N–H and O–H groups in total. The zero-order chi connectivity index (χ0) is 13.1. The van der Waals surface area contributed by atoms with Crippen molar-refractivity contribution in [3.63, 3.8) is 0 Å². The number of rotatable bonds is 3. The number of nitrogens with one attached hydrogen (secondary N) is 1. The Hall–Kier alpha value is -2.10. The molecule has 0 atom stereocenters. The van der Waals surface area contributed by atoms with Crippen LogP contribution in [0.15, 0.2) is 36.5 Å². The van der Waals surface area contributed by atoms with Crippen LogP contribution in [-0.2, 0) is 0 Å². The zero-order valence-corrected chi connectivity index (χ0v) is 10.4. The second-order valence-corrected chi connectivity index (χ2v) is 4.40. The summed E-state index contributed by atoms with van der Waals surface area (Å²) >= 11 is 0. The maximum atomic E-state index is 14.0. The number of halogens is 1. The summed E-state index contributed by atoms with van der Waals surface area (Å²) in [6, 6.07) is 8.48. The largest absolute Gasteiger partial charge is 0.397 e. The standard InChI is InChI=1S/C14H16FN3/c1-9(2)18-14-11(16)7-6-10(15)13(14)12-5-3-4-8-17-12/h3-9,18H,16H2,1-2H3. The third-order valence-corrected chi connectivity index (χ3v) is 2.54. The number of nitrogen functional groups attached to an aromatic ring is 1. The van der Waals surface area contributed by atoms with E-state index >= 15 is 0 Å². The Balaban J connectivity index is 2.61. The van der Waals surface area contributed by atoms with Crippen LogP contribution in [-0.4, -0.2) is 11.0 Å². The van der Waals surface area contributed by atoms with Gasteiger partial charge in [-0.25, -0.2) is 4.39 Å². The van der Waals surface area contributed by atoms with E-state index in [4.69, 9.17) is 5.73 Å². The zero-order valence-electron chi connectivity index (χ0n) is 10.4. The molecule has 0 unspecified atom stereocenters. The molecule has 18 heavy (non-hydrogen) atoms. The van der Waals surface area contributed by atoms with E-state index in [2.05, 4.69) is 10.3 Å². The number of nitrogens with zero attached hydrogens (tertiary/aromatic N) is 1. The third kappa shape index (κ3) is 2.42. The Labute approximate surface area is 106 Å². The Morgan fingerprint density at radius 2 is 2.00 bits per heavy atom. The summed E-state index contributed by atoms with van der Waals surface area (Å²) in [4.78, 5) is 4.18. The predicted molar refractivity (Wildman–Crippen MR) is 72.8 cm³/mol. The minimum Gasteiger partial charge on any atom is -0.397 e. The fourth-order valence-corrected chi connectivity index (χ4v) is 1.80. The molecule has 3 nitrogen and oxygen atoms in total. The monoisotopic (exact) mass is 245 g/mol.